The Labute approximate surface area is 143 Å². The van der Waals surface area contributed by atoms with E-state index in [2.05, 4.69) is 15.7 Å². The van der Waals surface area contributed by atoms with Crippen LogP contribution in [0.4, 0.5) is 13.2 Å². The molecule has 1 amide bonds. The number of amides is 1. The minimum Gasteiger partial charge on any atom is -0.350 e. The van der Waals surface area contributed by atoms with Crippen molar-refractivity contribution in [2.45, 2.75) is 19.1 Å². The van der Waals surface area contributed by atoms with Gasteiger partial charge in [0.1, 0.15) is 0 Å². The third-order valence-electron chi connectivity index (χ3n) is 3.34. The maximum Gasteiger partial charge on any atom is 0.434 e. The van der Waals surface area contributed by atoms with E-state index in [1.807, 2.05) is 0 Å². The maximum atomic E-state index is 13.4. The molecule has 0 aliphatic carbocycles. The monoisotopic (exact) mass is 362 g/mol. The van der Waals surface area contributed by atoms with Crippen molar-refractivity contribution in [1.82, 2.24) is 20.4 Å². The van der Waals surface area contributed by atoms with Crippen molar-refractivity contribution in [3.8, 4) is 5.69 Å². The highest BCUT2D eigenvalue weighted by Crippen LogP contribution is 2.33. The van der Waals surface area contributed by atoms with E-state index in [0.717, 1.165) is 10.9 Å². The van der Waals surface area contributed by atoms with Crippen LogP contribution < -0.4 is 10.6 Å². The molecule has 1 aromatic heterocycles. The summed E-state index contributed by atoms with van der Waals surface area (Å²) in [5.41, 5.74) is -1.34. The summed E-state index contributed by atoms with van der Waals surface area (Å²) in [5, 5.41) is 9.10. The lowest BCUT2D eigenvalue weighted by Gasteiger charge is -2.14. The number of carbonyl (C=O) groups excluding carboxylic acids is 1. The highest BCUT2D eigenvalue weighted by molar-refractivity contribution is 5.95. The molecule has 9 heteroatoms. The first-order chi connectivity index (χ1) is 10.8. The van der Waals surface area contributed by atoms with E-state index in [-0.39, 0.29) is 30.7 Å². The summed E-state index contributed by atoms with van der Waals surface area (Å²) in [5.74, 6) is -0.804. The lowest BCUT2D eigenvalue weighted by Crippen LogP contribution is -2.37. The number of nitrogens with zero attached hydrogens (tertiary/aromatic N) is 2. The fourth-order valence-corrected chi connectivity index (χ4v) is 2.00. The molecule has 132 valence electrons. The minimum atomic E-state index is -4.70. The van der Waals surface area contributed by atoms with Crippen LogP contribution >= 0.6 is 12.4 Å². The van der Waals surface area contributed by atoms with Crippen molar-refractivity contribution < 1.29 is 18.0 Å². The van der Waals surface area contributed by atoms with Gasteiger partial charge in [-0.2, -0.15) is 18.3 Å². The number of carbonyl (C=O) groups is 1. The number of benzene rings is 1. The first-order valence-corrected chi connectivity index (χ1v) is 7.00. The molecular formula is C15H18ClF3N4O. The maximum absolute atomic E-state index is 13.4. The Kier molecular flexibility index (Phi) is 6.80. The molecule has 0 aliphatic heterocycles. The van der Waals surface area contributed by atoms with Crippen LogP contribution in [0.15, 0.2) is 36.5 Å². The molecule has 1 unspecified atom stereocenters. The minimum absolute atomic E-state index is 0. The SMILES string of the molecule is CNC(C)CNC(=O)c1cnn(-c2ccccc2)c1C(F)(F)F.Cl. The van der Waals surface area contributed by atoms with Gasteiger partial charge in [-0.3, -0.25) is 4.79 Å². The van der Waals surface area contributed by atoms with Crippen molar-refractivity contribution in [2.75, 3.05) is 13.6 Å². The van der Waals surface area contributed by atoms with Gasteiger partial charge in [-0.25, -0.2) is 4.68 Å². The summed E-state index contributed by atoms with van der Waals surface area (Å²) in [6.45, 7) is 2.02. The molecule has 1 aromatic carbocycles. The lowest BCUT2D eigenvalue weighted by atomic mass is 10.2. The smallest absolute Gasteiger partial charge is 0.350 e. The molecule has 1 heterocycles. The largest absolute Gasteiger partial charge is 0.434 e. The summed E-state index contributed by atoms with van der Waals surface area (Å²) in [6, 6.07) is 7.82. The number of hydrogen-bond donors (Lipinski definition) is 2. The van der Waals surface area contributed by atoms with Crippen LogP contribution in [0.1, 0.15) is 23.0 Å². The molecule has 2 N–H and O–H groups in total. The summed E-state index contributed by atoms with van der Waals surface area (Å²) in [7, 11) is 1.70. The normalized spacial score (nSPS) is 12.4. The molecule has 0 aliphatic rings. The fraction of sp³-hybridized carbons (Fsp3) is 0.333. The van der Waals surface area contributed by atoms with Gasteiger partial charge in [-0.1, -0.05) is 18.2 Å². The predicted octanol–water partition coefficient (Wildman–Crippen LogP) is 2.65. The molecule has 24 heavy (non-hydrogen) atoms. The second-order valence-corrected chi connectivity index (χ2v) is 5.05. The average molecular weight is 363 g/mol. The Bertz CT molecular complexity index is 673. The van der Waals surface area contributed by atoms with Gasteiger partial charge in [0.2, 0.25) is 0 Å². The second kappa shape index (κ2) is 8.16. The van der Waals surface area contributed by atoms with Gasteiger partial charge in [-0.05, 0) is 26.1 Å². The Morgan fingerprint density at radius 2 is 1.92 bits per heavy atom. The van der Waals surface area contributed by atoms with Crippen molar-refractivity contribution >= 4 is 18.3 Å². The molecule has 0 radical (unpaired) electrons. The van der Waals surface area contributed by atoms with Crippen LogP contribution in [0.25, 0.3) is 5.69 Å². The number of hydrogen-bond acceptors (Lipinski definition) is 3. The molecule has 0 fully saturated rings. The van der Waals surface area contributed by atoms with Crippen LogP contribution in [0.3, 0.4) is 0 Å². The quantitative estimate of drug-likeness (QED) is 0.859. The third kappa shape index (κ3) is 4.48. The zero-order chi connectivity index (χ0) is 17.0. The highest BCUT2D eigenvalue weighted by atomic mass is 35.5. The number of para-hydroxylation sites is 1. The Morgan fingerprint density at radius 3 is 2.46 bits per heavy atom. The number of halogens is 4. The third-order valence-corrected chi connectivity index (χ3v) is 3.34. The molecule has 0 bridgehead atoms. The molecule has 1 atom stereocenters. The van der Waals surface area contributed by atoms with Gasteiger partial charge in [0, 0.05) is 12.6 Å². The van der Waals surface area contributed by atoms with E-state index >= 15 is 0 Å². The summed E-state index contributed by atoms with van der Waals surface area (Å²) >= 11 is 0. The summed E-state index contributed by atoms with van der Waals surface area (Å²) in [4.78, 5) is 12.1. The van der Waals surface area contributed by atoms with E-state index in [0.29, 0.717) is 0 Å². The van der Waals surface area contributed by atoms with Crippen LogP contribution in [-0.4, -0.2) is 35.3 Å². The van der Waals surface area contributed by atoms with Crippen LogP contribution in [0.5, 0.6) is 0 Å². The zero-order valence-electron chi connectivity index (χ0n) is 13.1. The van der Waals surface area contributed by atoms with Crippen molar-refractivity contribution in [3.05, 3.63) is 47.8 Å². The van der Waals surface area contributed by atoms with Crippen LogP contribution in [0, 0.1) is 0 Å². The van der Waals surface area contributed by atoms with Crippen molar-refractivity contribution in [3.63, 3.8) is 0 Å². The Morgan fingerprint density at radius 1 is 1.29 bits per heavy atom. The molecular weight excluding hydrogens is 345 g/mol. The first kappa shape index (κ1) is 20.0. The molecule has 0 saturated heterocycles. The van der Waals surface area contributed by atoms with Crippen LogP contribution in [0.2, 0.25) is 0 Å². The molecule has 2 rings (SSSR count). The van der Waals surface area contributed by atoms with Crippen molar-refractivity contribution in [2.24, 2.45) is 0 Å². The molecule has 0 saturated carbocycles. The first-order valence-electron chi connectivity index (χ1n) is 7.00. The lowest BCUT2D eigenvalue weighted by molar-refractivity contribution is -0.143. The van der Waals surface area contributed by atoms with Gasteiger partial charge in [0.05, 0.1) is 17.4 Å². The standard InChI is InChI=1S/C15H17F3N4O.ClH/c1-10(19-2)8-20-14(23)12-9-21-22(13(12)15(16,17)18)11-6-4-3-5-7-11;/h3-7,9-10,19H,8H2,1-2H3,(H,20,23);1H. The number of nitrogens with one attached hydrogen (secondary N) is 2. The summed E-state index contributed by atoms with van der Waals surface area (Å²) < 4.78 is 40.9. The second-order valence-electron chi connectivity index (χ2n) is 5.05. The fourth-order valence-electron chi connectivity index (χ4n) is 2.00. The van der Waals surface area contributed by atoms with E-state index in [9.17, 15) is 18.0 Å². The summed E-state index contributed by atoms with van der Waals surface area (Å²) in [6.07, 6.45) is -3.76. The molecule has 5 nitrogen and oxygen atoms in total. The van der Waals surface area contributed by atoms with Gasteiger partial charge in [0.15, 0.2) is 5.69 Å². The van der Waals surface area contributed by atoms with Gasteiger partial charge >= 0.3 is 6.18 Å². The molecule has 2 aromatic rings. The van der Waals surface area contributed by atoms with Gasteiger partial charge < -0.3 is 10.6 Å². The Hall–Kier alpha value is -2.06. The number of rotatable bonds is 5. The van der Waals surface area contributed by atoms with E-state index in [4.69, 9.17) is 0 Å². The van der Waals surface area contributed by atoms with E-state index in [1.165, 1.54) is 12.1 Å². The van der Waals surface area contributed by atoms with Gasteiger partial charge in [0.25, 0.3) is 5.91 Å². The number of aromatic nitrogens is 2. The van der Waals surface area contributed by atoms with E-state index in [1.54, 1.807) is 32.2 Å². The van der Waals surface area contributed by atoms with Crippen molar-refractivity contribution in [1.29, 1.82) is 0 Å². The highest BCUT2D eigenvalue weighted by Gasteiger charge is 2.40. The predicted molar refractivity (Wildman–Crippen MR) is 86.7 cm³/mol. The number of alkyl halides is 3. The number of likely N-dealkylation sites (N-methyl/N-ethyl adjacent to an activating group) is 1. The topological polar surface area (TPSA) is 58.9 Å². The zero-order valence-corrected chi connectivity index (χ0v) is 13.9. The molecule has 0 spiro atoms. The average Bonchev–Trinajstić information content (AvgIpc) is 2.98. The van der Waals surface area contributed by atoms with Crippen LogP contribution in [-0.2, 0) is 6.18 Å². The van der Waals surface area contributed by atoms with Gasteiger partial charge in [-0.15, -0.1) is 12.4 Å². The van der Waals surface area contributed by atoms with E-state index < -0.39 is 23.3 Å². The Balaban J connectivity index is 0.00000288.